The van der Waals surface area contributed by atoms with Crippen LogP contribution in [0, 0.1) is 3.57 Å². The molecule has 2 N–H and O–H groups in total. The number of nitrogen functional groups attached to an aromatic ring is 1. The molecule has 0 unspecified atom stereocenters. The summed E-state index contributed by atoms with van der Waals surface area (Å²) in [7, 11) is 0. The van der Waals surface area contributed by atoms with Gasteiger partial charge in [-0.3, -0.25) is 0 Å². The minimum absolute atomic E-state index is 0.207. The van der Waals surface area contributed by atoms with Gasteiger partial charge in [0.15, 0.2) is 0 Å². The normalized spacial score (nSPS) is 11.6. The van der Waals surface area contributed by atoms with Crippen LogP contribution in [-0.2, 0) is 5.41 Å². The minimum Gasteiger partial charge on any atom is -0.399 e. The summed E-state index contributed by atoms with van der Waals surface area (Å²) in [5.74, 6) is 0. The number of hydrogen-bond donors (Lipinski definition) is 1. The minimum atomic E-state index is 0.207. The lowest BCUT2D eigenvalue weighted by atomic mass is 9.87. The van der Waals surface area contributed by atoms with Crippen LogP contribution < -0.4 is 5.73 Å². The first-order valence-corrected chi connectivity index (χ1v) is 8.09. The highest BCUT2D eigenvalue weighted by atomic mass is 127. The van der Waals surface area contributed by atoms with Crippen molar-refractivity contribution in [2.24, 2.45) is 0 Å². The maximum atomic E-state index is 5.77. The maximum Gasteiger partial charge on any atom is 0.0325 e. The van der Waals surface area contributed by atoms with Crippen molar-refractivity contribution in [1.29, 1.82) is 0 Å². The molecule has 0 heterocycles. The van der Waals surface area contributed by atoms with Gasteiger partial charge in [-0.25, -0.2) is 0 Å². The van der Waals surface area contributed by atoms with Crippen LogP contribution >= 0.6 is 34.4 Å². The van der Waals surface area contributed by atoms with Crippen LogP contribution in [0.2, 0.25) is 0 Å². The highest BCUT2D eigenvalue weighted by molar-refractivity contribution is 14.1. The quantitative estimate of drug-likeness (QED) is 0.561. The molecule has 0 bridgehead atoms. The van der Waals surface area contributed by atoms with Crippen LogP contribution in [0.4, 0.5) is 5.69 Å². The number of benzene rings is 2. The Hall–Kier alpha value is -0.680. The lowest BCUT2D eigenvalue weighted by Crippen LogP contribution is -2.10. The van der Waals surface area contributed by atoms with Gasteiger partial charge in [0.1, 0.15) is 0 Å². The second-order valence-electron chi connectivity index (χ2n) is 5.57. The van der Waals surface area contributed by atoms with E-state index < -0.39 is 0 Å². The summed E-state index contributed by atoms with van der Waals surface area (Å²) in [6.07, 6.45) is 0. The lowest BCUT2D eigenvalue weighted by Gasteiger charge is -2.19. The fourth-order valence-electron chi connectivity index (χ4n) is 1.75. The molecule has 2 aromatic carbocycles. The number of halogens is 1. The largest absolute Gasteiger partial charge is 0.399 e. The van der Waals surface area contributed by atoms with E-state index >= 15 is 0 Å². The van der Waals surface area contributed by atoms with E-state index in [0.717, 1.165) is 5.69 Å². The summed E-state index contributed by atoms with van der Waals surface area (Å²) >= 11 is 4.11. The van der Waals surface area contributed by atoms with Gasteiger partial charge >= 0.3 is 0 Å². The van der Waals surface area contributed by atoms with Gasteiger partial charge in [-0.1, -0.05) is 44.7 Å². The summed E-state index contributed by atoms with van der Waals surface area (Å²) in [5, 5.41) is 0. The number of nitrogens with two attached hydrogens (primary N) is 1. The van der Waals surface area contributed by atoms with Gasteiger partial charge in [0, 0.05) is 19.0 Å². The van der Waals surface area contributed by atoms with Gasteiger partial charge in [-0.2, -0.15) is 0 Å². The molecule has 0 aliphatic rings. The van der Waals surface area contributed by atoms with Gasteiger partial charge < -0.3 is 5.73 Å². The number of hydrogen-bond acceptors (Lipinski definition) is 2. The molecule has 2 rings (SSSR count). The molecule has 3 heteroatoms. The van der Waals surface area contributed by atoms with Gasteiger partial charge in [0.05, 0.1) is 0 Å². The van der Waals surface area contributed by atoms with E-state index in [1.807, 2.05) is 12.1 Å². The molecule has 0 saturated heterocycles. The van der Waals surface area contributed by atoms with Gasteiger partial charge in [0.2, 0.25) is 0 Å². The zero-order valence-corrected chi connectivity index (χ0v) is 14.4. The second-order valence-corrected chi connectivity index (χ2v) is 7.84. The summed E-state index contributed by atoms with van der Waals surface area (Å²) in [4.78, 5) is 2.51. The molecule has 0 aliphatic carbocycles. The monoisotopic (exact) mass is 383 g/mol. The van der Waals surface area contributed by atoms with E-state index in [-0.39, 0.29) is 5.41 Å². The van der Waals surface area contributed by atoms with E-state index in [1.54, 1.807) is 11.8 Å². The summed E-state index contributed by atoms with van der Waals surface area (Å²) < 4.78 is 1.20. The zero-order valence-electron chi connectivity index (χ0n) is 11.4. The van der Waals surface area contributed by atoms with Crippen LogP contribution in [0.5, 0.6) is 0 Å². The van der Waals surface area contributed by atoms with E-state index in [4.69, 9.17) is 5.73 Å². The van der Waals surface area contributed by atoms with Crippen LogP contribution in [0.1, 0.15) is 26.3 Å². The fourth-order valence-corrected chi connectivity index (χ4v) is 3.44. The molecule has 100 valence electrons. The third kappa shape index (κ3) is 3.89. The van der Waals surface area contributed by atoms with Crippen molar-refractivity contribution in [2.75, 3.05) is 5.73 Å². The van der Waals surface area contributed by atoms with Crippen molar-refractivity contribution >= 4 is 40.0 Å². The van der Waals surface area contributed by atoms with Crippen LogP contribution in [0.25, 0.3) is 0 Å². The second kappa shape index (κ2) is 5.75. The predicted octanol–water partition coefficient (Wildman–Crippen LogP) is 5.32. The number of rotatable bonds is 2. The molecule has 19 heavy (non-hydrogen) atoms. The molecule has 0 amide bonds. The van der Waals surface area contributed by atoms with E-state index in [9.17, 15) is 0 Å². The van der Waals surface area contributed by atoms with Crippen molar-refractivity contribution in [3.63, 3.8) is 0 Å². The van der Waals surface area contributed by atoms with Crippen LogP contribution in [-0.4, -0.2) is 0 Å². The van der Waals surface area contributed by atoms with E-state index in [2.05, 4.69) is 73.7 Å². The highest BCUT2D eigenvalue weighted by Gasteiger charge is 2.13. The molecular weight excluding hydrogens is 365 g/mol. The molecule has 0 atom stereocenters. The maximum absolute atomic E-state index is 5.77. The summed E-state index contributed by atoms with van der Waals surface area (Å²) in [6, 6.07) is 14.9. The van der Waals surface area contributed by atoms with Crippen molar-refractivity contribution < 1.29 is 0 Å². The standard InChI is InChI=1S/C16H18INS/c1-16(2,3)11-4-7-13(8-5-11)19-15-9-6-12(18)10-14(15)17/h4-10H,18H2,1-3H3. The Kier molecular flexibility index (Phi) is 4.46. The SMILES string of the molecule is CC(C)(C)c1ccc(Sc2ccc(N)cc2I)cc1. The van der Waals surface area contributed by atoms with Crippen molar-refractivity contribution in [2.45, 2.75) is 36.0 Å². The summed E-state index contributed by atoms with van der Waals surface area (Å²) in [6.45, 7) is 6.70. The third-order valence-electron chi connectivity index (χ3n) is 2.90. The Morgan fingerprint density at radius 3 is 2.16 bits per heavy atom. The Morgan fingerprint density at radius 1 is 1.00 bits per heavy atom. The molecular formula is C16H18INS. The zero-order chi connectivity index (χ0) is 14.0. The molecule has 1 nitrogen and oxygen atoms in total. The fraction of sp³-hybridized carbons (Fsp3) is 0.250. The van der Waals surface area contributed by atoms with Crippen molar-refractivity contribution in [3.8, 4) is 0 Å². The van der Waals surface area contributed by atoms with Crippen molar-refractivity contribution in [1.82, 2.24) is 0 Å². The van der Waals surface area contributed by atoms with Crippen LogP contribution in [0.3, 0.4) is 0 Å². The number of anilines is 1. The first-order valence-electron chi connectivity index (χ1n) is 6.20. The third-order valence-corrected chi connectivity index (χ3v) is 5.25. The van der Waals surface area contributed by atoms with E-state index in [0.29, 0.717) is 0 Å². The first kappa shape index (κ1) is 14.7. The molecule has 0 aromatic heterocycles. The Morgan fingerprint density at radius 2 is 1.63 bits per heavy atom. The Labute approximate surface area is 133 Å². The van der Waals surface area contributed by atoms with Gasteiger partial charge in [-0.15, -0.1) is 0 Å². The van der Waals surface area contributed by atoms with Crippen molar-refractivity contribution in [3.05, 3.63) is 51.6 Å². The average Bonchev–Trinajstić information content (AvgIpc) is 2.32. The molecule has 0 fully saturated rings. The van der Waals surface area contributed by atoms with Gasteiger partial charge in [0.25, 0.3) is 0 Å². The van der Waals surface area contributed by atoms with E-state index in [1.165, 1.54) is 18.9 Å². The lowest BCUT2D eigenvalue weighted by molar-refractivity contribution is 0.590. The first-order chi connectivity index (χ1) is 8.86. The average molecular weight is 383 g/mol. The molecule has 0 radical (unpaired) electrons. The van der Waals surface area contributed by atoms with Crippen LogP contribution in [0.15, 0.2) is 52.3 Å². The Balaban J connectivity index is 2.20. The molecule has 0 aliphatic heterocycles. The summed E-state index contributed by atoms with van der Waals surface area (Å²) in [5.41, 5.74) is 8.16. The topological polar surface area (TPSA) is 26.0 Å². The highest BCUT2D eigenvalue weighted by Crippen LogP contribution is 2.33. The Bertz CT molecular complexity index is 570. The van der Waals surface area contributed by atoms with Gasteiger partial charge in [-0.05, 0) is 63.9 Å². The predicted molar refractivity (Wildman–Crippen MR) is 92.8 cm³/mol. The molecule has 2 aromatic rings. The molecule has 0 saturated carbocycles. The smallest absolute Gasteiger partial charge is 0.0325 e. The molecule has 0 spiro atoms.